The van der Waals surface area contributed by atoms with Gasteiger partial charge in [-0.2, -0.15) is 0 Å². The van der Waals surface area contributed by atoms with Gasteiger partial charge in [-0.05, 0) is 43.7 Å². The minimum atomic E-state index is -0.552. The van der Waals surface area contributed by atoms with Crippen molar-refractivity contribution in [3.8, 4) is 28.4 Å². The number of aryl methyl sites for hydroxylation is 1. The molecule has 0 spiro atoms. The molecule has 0 aliphatic carbocycles. The molecule has 0 aliphatic heterocycles. The zero-order chi connectivity index (χ0) is 22.5. The molecule has 162 valence electrons. The van der Waals surface area contributed by atoms with Gasteiger partial charge in [0.2, 0.25) is 0 Å². The zero-order valence-corrected chi connectivity index (χ0v) is 18.5. The van der Waals surface area contributed by atoms with Crippen LogP contribution in [-0.4, -0.2) is 37.8 Å². The van der Waals surface area contributed by atoms with Crippen LogP contribution in [-0.2, 0) is 4.74 Å². The normalized spacial score (nSPS) is 10.5. The van der Waals surface area contributed by atoms with E-state index >= 15 is 0 Å². The lowest BCUT2D eigenvalue weighted by molar-refractivity contribution is 0.0529. The van der Waals surface area contributed by atoms with Crippen LogP contribution in [0.5, 0.6) is 17.2 Å². The summed E-state index contributed by atoms with van der Waals surface area (Å²) >= 11 is 1.26. The van der Waals surface area contributed by atoms with Crippen molar-refractivity contribution in [2.45, 2.75) is 13.8 Å². The molecule has 2 N–H and O–H groups in total. The monoisotopic (exact) mass is 441 g/mol. The lowest BCUT2D eigenvalue weighted by atomic mass is 10.0. The summed E-state index contributed by atoms with van der Waals surface area (Å²) in [6.07, 6.45) is 0. The maximum atomic E-state index is 12.9. The maximum Gasteiger partial charge on any atom is 0.341 e. The van der Waals surface area contributed by atoms with Crippen LogP contribution in [0.1, 0.15) is 32.5 Å². The van der Waals surface area contributed by atoms with Gasteiger partial charge in [0.15, 0.2) is 11.5 Å². The Morgan fingerprint density at radius 1 is 1.06 bits per heavy atom. The quantitative estimate of drug-likeness (QED) is 0.508. The molecule has 0 saturated heterocycles. The molecule has 0 unspecified atom stereocenters. The minimum Gasteiger partial charge on any atom is -0.507 e. The number of carbonyl (C=O) groups excluding carboxylic acids is 2. The van der Waals surface area contributed by atoms with E-state index in [1.807, 2.05) is 13.0 Å². The first-order valence-corrected chi connectivity index (χ1v) is 10.3. The molecule has 0 radical (unpaired) electrons. The van der Waals surface area contributed by atoms with Gasteiger partial charge in [0, 0.05) is 10.4 Å². The van der Waals surface area contributed by atoms with E-state index in [1.165, 1.54) is 30.6 Å². The topological polar surface area (TPSA) is 94.1 Å². The lowest BCUT2D eigenvalue weighted by Gasteiger charge is -2.12. The molecule has 0 saturated carbocycles. The third kappa shape index (κ3) is 4.49. The summed E-state index contributed by atoms with van der Waals surface area (Å²) in [5, 5.41) is 13.1. The molecule has 3 rings (SSSR count). The van der Waals surface area contributed by atoms with Crippen LogP contribution in [0, 0.1) is 6.92 Å². The number of methoxy groups -OCH3 is 2. The largest absolute Gasteiger partial charge is 0.507 e. The van der Waals surface area contributed by atoms with Gasteiger partial charge >= 0.3 is 5.97 Å². The van der Waals surface area contributed by atoms with Crippen LogP contribution < -0.4 is 14.8 Å². The zero-order valence-electron chi connectivity index (χ0n) is 17.6. The van der Waals surface area contributed by atoms with Gasteiger partial charge in [0.05, 0.1) is 26.4 Å². The second kappa shape index (κ2) is 9.53. The molecule has 7 nitrogen and oxygen atoms in total. The van der Waals surface area contributed by atoms with Crippen molar-refractivity contribution in [3.63, 3.8) is 0 Å². The molecule has 31 heavy (non-hydrogen) atoms. The molecular formula is C23H23NO6S. The molecule has 1 heterocycles. The standard InChI is InChI=1S/C23H23NO6S/c1-5-30-23(27)20-19(14-10-11-17(28-3)18(12-14)29-4)13(2)31-22(20)24-21(26)15-8-6-7-9-16(15)25/h6-12,25H,5H2,1-4H3,(H,24,26). The summed E-state index contributed by atoms with van der Waals surface area (Å²) in [7, 11) is 3.08. The Kier molecular flexibility index (Phi) is 6.81. The van der Waals surface area contributed by atoms with Gasteiger partial charge in [0.1, 0.15) is 16.3 Å². The number of para-hydroxylation sites is 1. The Balaban J connectivity index is 2.11. The summed E-state index contributed by atoms with van der Waals surface area (Å²) in [5.74, 6) is -0.149. The van der Waals surface area contributed by atoms with Crippen molar-refractivity contribution >= 4 is 28.2 Å². The number of hydrogen-bond donors (Lipinski definition) is 2. The van der Waals surface area contributed by atoms with E-state index in [2.05, 4.69) is 5.32 Å². The molecule has 3 aromatic rings. The third-order valence-electron chi connectivity index (χ3n) is 4.61. The first-order chi connectivity index (χ1) is 14.9. The molecule has 1 amide bonds. The molecular weight excluding hydrogens is 418 g/mol. The van der Waals surface area contributed by atoms with Gasteiger partial charge < -0.3 is 24.6 Å². The predicted octanol–water partition coefficient (Wildman–Crippen LogP) is 4.88. The van der Waals surface area contributed by atoms with Gasteiger partial charge in [-0.25, -0.2) is 4.79 Å². The molecule has 0 atom stereocenters. The first kappa shape index (κ1) is 22.2. The van der Waals surface area contributed by atoms with Gasteiger partial charge in [-0.15, -0.1) is 11.3 Å². The highest BCUT2D eigenvalue weighted by molar-refractivity contribution is 7.17. The Labute approximate surface area is 184 Å². The fourth-order valence-corrected chi connectivity index (χ4v) is 4.27. The molecule has 8 heteroatoms. The average molecular weight is 442 g/mol. The second-order valence-electron chi connectivity index (χ2n) is 6.50. The number of amides is 1. The number of ether oxygens (including phenoxy) is 3. The van der Waals surface area contributed by atoms with E-state index < -0.39 is 11.9 Å². The number of rotatable bonds is 7. The third-order valence-corrected chi connectivity index (χ3v) is 5.63. The van der Waals surface area contributed by atoms with Crippen molar-refractivity contribution < 1.29 is 28.9 Å². The highest BCUT2D eigenvalue weighted by Gasteiger charge is 2.27. The Bertz CT molecular complexity index is 1120. The van der Waals surface area contributed by atoms with Crippen LogP contribution in [0.3, 0.4) is 0 Å². The van der Waals surface area contributed by atoms with Gasteiger partial charge in [-0.3, -0.25) is 4.79 Å². The summed E-state index contributed by atoms with van der Waals surface area (Å²) < 4.78 is 16.0. The number of nitrogens with one attached hydrogen (secondary N) is 1. The molecule has 0 aliphatic rings. The smallest absolute Gasteiger partial charge is 0.341 e. The number of hydrogen-bond acceptors (Lipinski definition) is 7. The first-order valence-electron chi connectivity index (χ1n) is 9.53. The number of phenols is 1. The van der Waals surface area contributed by atoms with E-state index in [-0.39, 0.29) is 23.5 Å². The van der Waals surface area contributed by atoms with Crippen molar-refractivity contribution in [2.75, 3.05) is 26.1 Å². The van der Waals surface area contributed by atoms with Crippen LogP contribution in [0.4, 0.5) is 5.00 Å². The van der Waals surface area contributed by atoms with E-state index in [4.69, 9.17) is 14.2 Å². The van der Waals surface area contributed by atoms with E-state index in [1.54, 1.807) is 38.3 Å². The number of phenolic OH excluding ortho intramolecular Hbond substituents is 1. The fraction of sp³-hybridized carbons (Fsp3) is 0.217. The molecule has 2 aromatic carbocycles. The SMILES string of the molecule is CCOC(=O)c1c(NC(=O)c2ccccc2O)sc(C)c1-c1ccc(OC)c(OC)c1. The number of benzene rings is 2. The number of aromatic hydroxyl groups is 1. The van der Waals surface area contributed by atoms with E-state index in [0.29, 0.717) is 22.1 Å². The highest BCUT2D eigenvalue weighted by atomic mass is 32.1. The van der Waals surface area contributed by atoms with Crippen molar-refractivity contribution in [1.29, 1.82) is 0 Å². The summed E-state index contributed by atoms with van der Waals surface area (Å²) in [5.41, 5.74) is 1.71. The Morgan fingerprint density at radius 2 is 1.77 bits per heavy atom. The van der Waals surface area contributed by atoms with Crippen LogP contribution in [0.15, 0.2) is 42.5 Å². The van der Waals surface area contributed by atoms with E-state index in [9.17, 15) is 14.7 Å². The summed E-state index contributed by atoms with van der Waals surface area (Å²) in [4.78, 5) is 26.4. The predicted molar refractivity (Wildman–Crippen MR) is 120 cm³/mol. The van der Waals surface area contributed by atoms with Gasteiger partial charge in [0.25, 0.3) is 5.91 Å². The lowest BCUT2D eigenvalue weighted by Crippen LogP contribution is -2.15. The van der Waals surface area contributed by atoms with Crippen molar-refractivity contribution in [2.24, 2.45) is 0 Å². The van der Waals surface area contributed by atoms with Crippen LogP contribution in [0.25, 0.3) is 11.1 Å². The van der Waals surface area contributed by atoms with Crippen molar-refractivity contribution in [3.05, 3.63) is 58.5 Å². The summed E-state index contributed by atoms with van der Waals surface area (Å²) in [6, 6.07) is 11.5. The fourth-order valence-electron chi connectivity index (χ4n) is 3.21. The highest BCUT2D eigenvalue weighted by Crippen LogP contribution is 2.43. The number of esters is 1. The molecule has 1 aromatic heterocycles. The second-order valence-corrected chi connectivity index (χ2v) is 7.72. The van der Waals surface area contributed by atoms with Gasteiger partial charge in [-0.1, -0.05) is 18.2 Å². The molecule has 0 bridgehead atoms. The molecule has 0 fully saturated rings. The van der Waals surface area contributed by atoms with Crippen molar-refractivity contribution in [1.82, 2.24) is 0 Å². The Hall–Kier alpha value is -3.52. The van der Waals surface area contributed by atoms with Crippen LogP contribution in [0.2, 0.25) is 0 Å². The number of thiophene rings is 1. The number of carbonyl (C=O) groups is 2. The average Bonchev–Trinajstić information content (AvgIpc) is 3.09. The Morgan fingerprint density at radius 3 is 2.42 bits per heavy atom. The minimum absolute atomic E-state index is 0.107. The number of anilines is 1. The van der Waals surface area contributed by atoms with Crippen LogP contribution >= 0.6 is 11.3 Å². The maximum absolute atomic E-state index is 12.9. The summed E-state index contributed by atoms with van der Waals surface area (Å²) in [6.45, 7) is 3.76. The van der Waals surface area contributed by atoms with E-state index in [0.717, 1.165) is 10.4 Å².